The van der Waals surface area contributed by atoms with E-state index in [2.05, 4.69) is 11.1 Å². The van der Waals surface area contributed by atoms with Crippen molar-refractivity contribution in [2.24, 2.45) is 0 Å². The SMILES string of the molecule is CC(C(=O)N1CCc2ccccc21)c1cccnc1. The molecular formula is C16H16N2O. The monoisotopic (exact) mass is 252 g/mol. The second-order valence-corrected chi connectivity index (χ2v) is 4.88. The molecule has 0 N–H and O–H groups in total. The molecule has 0 spiro atoms. The van der Waals surface area contributed by atoms with Crippen molar-refractivity contribution in [1.29, 1.82) is 0 Å². The van der Waals surface area contributed by atoms with Crippen LogP contribution in [0.5, 0.6) is 0 Å². The Bertz CT molecular complexity index is 595. The van der Waals surface area contributed by atoms with Gasteiger partial charge in [-0.15, -0.1) is 0 Å². The van der Waals surface area contributed by atoms with Crippen LogP contribution in [0.25, 0.3) is 0 Å². The number of aromatic nitrogens is 1. The Hall–Kier alpha value is -2.16. The molecule has 0 bridgehead atoms. The summed E-state index contributed by atoms with van der Waals surface area (Å²) < 4.78 is 0. The summed E-state index contributed by atoms with van der Waals surface area (Å²) in [7, 11) is 0. The zero-order valence-electron chi connectivity index (χ0n) is 10.9. The van der Waals surface area contributed by atoms with Gasteiger partial charge in [0.05, 0.1) is 5.92 Å². The van der Waals surface area contributed by atoms with Gasteiger partial charge in [0.1, 0.15) is 0 Å². The minimum atomic E-state index is -0.153. The van der Waals surface area contributed by atoms with Crippen LogP contribution < -0.4 is 4.90 Å². The van der Waals surface area contributed by atoms with E-state index in [9.17, 15) is 4.79 Å². The van der Waals surface area contributed by atoms with Gasteiger partial charge in [-0.1, -0.05) is 24.3 Å². The first kappa shape index (κ1) is 11.9. The molecule has 96 valence electrons. The summed E-state index contributed by atoms with van der Waals surface area (Å²) in [4.78, 5) is 18.6. The van der Waals surface area contributed by atoms with Gasteiger partial charge in [-0.2, -0.15) is 0 Å². The molecule has 0 fully saturated rings. The molecule has 0 saturated heterocycles. The molecule has 0 aliphatic carbocycles. The Morgan fingerprint density at radius 1 is 1.26 bits per heavy atom. The molecule has 3 rings (SSSR count). The third-order valence-corrected chi connectivity index (χ3v) is 3.71. The Morgan fingerprint density at radius 2 is 2.11 bits per heavy atom. The third-order valence-electron chi connectivity index (χ3n) is 3.71. The number of para-hydroxylation sites is 1. The maximum Gasteiger partial charge on any atom is 0.234 e. The van der Waals surface area contributed by atoms with Gasteiger partial charge in [0, 0.05) is 24.6 Å². The topological polar surface area (TPSA) is 33.2 Å². The van der Waals surface area contributed by atoms with Crippen LogP contribution in [-0.2, 0) is 11.2 Å². The number of pyridine rings is 1. The second-order valence-electron chi connectivity index (χ2n) is 4.88. The lowest BCUT2D eigenvalue weighted by Crippen LogP contribution is -2.32. The minimum absolute atomic E-state index is 0.151. The third kappa shape index (κ3) is 2.12. The predicted octanol–water partition coefficient (Wildman–Crippen LogP) is 2.77. The highest BCUT2D eigenvalue weighted by molar-refractivity contribution is 5.99. The fourth-order valence-corrected chi connectivity index (χ4v) is 2.58. The number of hydrogen-bond acceptors (Lipinski definition) is 2. The van der Waals surface area contributed by atoms with E-state index in [4.69, 9.17) is 0 Å². The molecule has 2 heterocycles. The number of nitrogens with zero attached hydrogens (tertiary/aromatic N) is 2. The van der Waals surface area contributed by atoms with Gasteiger partial charge in [-0.25, -0.2) is 0 Å². The first-order valence-corrected chi connectivity index (χ1v) is 6.56. The Kier molecular flexibility index (Phi) is 3.03. The largest absolute Gasteiger partial charge is 0.311 e. The van der Waals surface area contributed by atoms with Crippen LogP contribution >= 0.6 is 0 Å². The molecule has 3 heteroatoms. The summed E-state index contributed by atoms with van der Waals surface area (Å²) >= 11 is 0. The molecule has 2 aromatic rings. The number of fused-ring (bicyclic) bond motifs is 1. The van der Waals surface area contributed by atoms with Gasteiger partial charge in [0.2, 0.25) is 5.91 Å². The highest BCUT2D eigenvalue weighted by atomic mass is 16.2. The normalized spacial score (nSPS) is 15.1. The number of carbonyl (C=O) groups is 1. The van der Waals surface area contributed by atoms with E-state index in [1.54, 1.807) is 12.4 Å². The average molecular weight is 252 g/mol. The van der Waals surface area contributed by atoms with E-state index in [-0.39, 0.29) is 11.8 Å². The van der Waals surface area contributed by atoms with Gasteiger partial charge in [-0.05, 0) is 36.6 Å². The van der Waals surface area contributed by atoms with Gasteiger partial charge < -0.3 is 4.90 Å². The van der Waals surface area contributed by atoms with Crippen LogP contribution in [0.1, 0.15) is 24.0 Å². The number of benzene rings is 1. The number of amides is 1. The first-order chi connectivity index (χ1) is 9.27. The number of rotatable bonds is 2. The lowest BCUT2D eigenvalue weighted by Gasteiger charge is -2.21. The lowest BCUT2D eigenvalue weighted by molar-refractivity contribution is -0.119. The molecule has 0 saturated carbocycles. The van der Waals surface area contributed by atoms with Crippen molar-refractivity contribution in [2.75, 3.05) is 11.4 Å². The van der Waals surface area contributed by atoms with Crippen LogP contribution in [0.15, 0.2) is 48.8 Å². The number of hydrogen-bond donors (Lipinski definition) is 0. The van der Waals surface area contributed by atoms with E-state index in [0.717, 1.165) is 24.2 Å². The van der Waals surface area contributed by atoms with Crippen molar-refractivity contribution in [3.05, 3.63) is 59.9 Å². The van der Waals surface area contributed by atoms with Crippen molar-refractivity contribution in [1.82, 2.24) is 4.98 Å². The number of carbonyl (C=O) groups excluding carboxylic acids is 1. The van der Waals surface area contributed by atoms with E-state index < -0.39 is 0 Å². The summed E-state index contributed by atoms with van der Waals surface area (Å²) in [6.45, 7) is 2.73. The molecule has 1 atom stereocenters. The summed E-state index contributed by atoms with van der Waals surface area (Å²) in [5, 5.41) is 0. The van der Waals surface area contributed by atoms with Crippen molar-refractivity contribution in [2.45, 2.75) is 19.3 Å². The van der Waals surface area contributed by atoms with E-state index in [1.807, 2.05) is 42.2 Å². The first-order valence-electron chi connectivity index (χ1n) is 6.56. The van der Waals surface area contributed by atoms with E-state index in [1.165, 1.54) is 5.56 Å². The van der Waals surface area contributed by atoms with Crippen molar-refractivity contribution in [3.8, 4) is 0 Å². The van der Waals surface area contributed by atoms with Crippen molar-refractivity contribution in [3.63, 3.8) is 0 Å². The molecule has 1 unspecified atom stereocenters. The highest BCUT2D eigenvalue weighted by Gasteiger charge is 2.28. The molecule has 3 nitrogen and oxygen atoms in total. The highest BCUT2D eigenvalue weighted by Crippen LogP contribution is 2.30. The Labute approximate surface area is 112 Å². The molecule has 0 radical (unpaired) electrons. The molecule has 19 heavy (non-hydrogen) atoms. The van der Waals surface area contributed by atoms with Crippen molar-refractivity contribution < 1.29 is 4.79 Å². The van der Waals surface area contributed by atoms with E-state index in [0.29, 0.717) is 0 Å². The second kappa shape index (κ2) is 4.84. The van der Waals surface area contributed by atoms with Crippen LogP contribution in [0.4, 0.5) is 5.69 Å². The van der Waals surface area contributed by atoms with E-state index >= 15 is 0 Å². The zero-order chi connectivity index (χ0) is 13.2. The van der Waals surface area contributed by atoms with Crippen LogP contribution in [0.3, 0.4) is 0 Å². The van der Waals surface area contributed by atoms with Crippen LogP contribution in [0, 0.1) is 0 Å². The molecular weight excluding hydrogens is 236 g/mol. The van der Waals surface area contributed by atoms with Gasteiger partial charge in [0.25, 0.3) is 0 Å². The quantitative estimate of drug-likeness (QED) is 0.823. The zero-order valence-corrected chi connectivity index (χ0v) is 10.9. The van der Waals surface area contributed by atoms with Crippen LogP contribution in [0.2, 0.25) is 0 Å². The lowest BCUT2D eigenvalue weighted by atomic mass is 10.0. The maximum atomic E-state index is 12.6. The van der Waals surface area contributed by atoms with Gasteiger partial charge in [-0.3, -0.25) is 9.78 Å². The average Bonchev–Trinajstić information content (AvgIpc) is 2.90. The molecule has 1 amide bonds. The van der Waals surface area contributed by atoms with Crippen LogP contribution in [-0.4, -0.2) is 17.4 Å². The molecule has 1 aromatic carbocycles. The fraction of sp³-hybridized carbons (Fsp3) is 0.250. The van der Waals surface area contributed by atoms with Gasteiger partial charge in [0.15, 0.2) is 0 Å². The Balaban J connectivity index is 1.86. The minimum Gasteiger partial charge on any atom is -0.311 e. The summed E-state index contributed by atoms with van der Waals surface area (Å²) in [5.41, 5.74) is 3.29. The smallest absolute Gasteiger partial charge is 0.234 e. The fourth-order valence-electron chi connectivity index (χ4n) is 2.58. The molecule has 1 aliphatic rings. The van der Waals surface area contributed by atoms with Crippen molar-refractivity contribution >= 4 is 11.6 Å². The van der Waals surface area contributed by atoms with Gasteiger partial charge >= 0.3 is 0 Å². The predicted molar refractivity (Wildman–Crippen MR) is 75.2 cm³/mol. The molecule has 1 aliphatic heterocycles. The summed E-state index contributed by atoms with van der Waals surface area (Å²) in [6.07, 6.45) is 4.44. The summed E-state index contributed by atoms with van der Waals surface area (Å²) in [6, 6.07) is 12.0. The molecule has 1 aromatic heterocycles. The number of anilines is 1. The maximum absolute atomic E-state index is 12.6. The standard InChI is InChI=1S/C16H16N2O/c1-12(14-6-4-9-17-11-14)16(19)18-10-8-13-5-2-3-7-15(13)18/h2-7,9,11-12H,8,10H2,1H3. The Morgan fingerprint density at radius 3 is 2.89 bits per heavy atom. The summed E-state index contributed by atoms with van der Waals surface area (Å²) in [5.74, 6) is -0.00203.